The highest BCUT2D eigenvalue weighted by atomic mass is 16.6. The smallest absolute Gasteiger partial charge is 0.360 e. The van der Waals surface area contributed by atoms with Gasteiger partial charge in [-0.1, -0.05) is 12.1 Å². The van der Waals surface area contributed by atoms with Gasteiger partial charge in [-0.05, 0) is 19.4 Å². The van der Waals surface area contributed by atoms with Crippen molar-refractivity contribution in [1.29, 1.82) is 0 Å². The number of esters is 2. The molecule has 3 N–H and O–H groups in total. The molecule has 0 radical (unpaired) electrons. The Balaban J connectivity index is 2.54. The van der Waals surface area contributed by atoms with Crippen molar-refractivity contribution in [2.24, 2.45) is 10.9 Å². The van der Waals surface area contributed by atoms with Gasteiger partial charge in [0.15, 0.2) is 0 Å². The van der Waals surface area contributed by atoms with Crippen LogP contribution in [0, 0.1) is 16.0 Å². The van der Waals surface area contributed by atoms with Crippen LogP contribution in [0.5, 0.6) is 0 Å². The third-order valence-corrected chi connectivity index (χ3v) is 3.90. The number of carbonyl (C=O) groups excluding carboxylic acids is 2. The largest absolute Gasteiger partial charge is 0.481 e. The minimum Gasteiger partial charge on any atom is -0.481 e. The number of nitro benzene ring substituents is 1. The molecule has 0 spiro atoms. The van der Waals surface area contributed by atoms with Crippen LogP contribution in [0.25, 0.3) is 0 Å². The molecule has 0 aliphatic carbocycles. The number of amidine groups is 1. The van der Waals surface area contributed by atoms with Gasteiger partial charge in [0, 0.05) is 12.1 Å². The SMILES string of the molecule is CCOC(=O)C1C(c2ccc([N+](=O)[O-])cc2)N=C(O)NC1(O)C(=O)OCC. The van der Waals surface area contributed by atoms with Gasteiger partial charge in [-0.25, -0.2) is 9.79 Å². The maximum atomic E-state index is 12.5. The molecule has 0 bridgehead atoms. The molecule has 0 aromatic heterocycles. The maximum Gasteiger partial charge on any atom is 0.360 e. The molecule has 2 rings (SSSR count). The number of non-ortho nitro benzene ring substituents is 1. The van der Waals surface area contributed by atoms with Gasteiger partial charge in [0.05, 0.1) is 24.2 Å². The van der Waals surface area contributed by atoms with E-state index in [9.17, 15) is 29.9 Å². The molecule has 11 heteroatoms. The van der Waals surface area contributed by atoms with Crippen molar-refractivity contribution in [2.75, 3.05) is 13.2 Å². The van der Waals surface area contributed by atoms with Crippen molar-refractivity contribution < 1.29 is 34.2 Å². The third-order valence-electron chi connectivity index (χ3n) is 3.90. The molecule has 1 aromatic carbocycles. The van der Waals surface area contributed by atoms with Crippen LogP contribution in [-0.2, 0) is 19.1 Å². The summed E-state index contributed by atoms with van der Waals surface area (Å²) in [5.41, 5.74) is -2.59. The Morgan fingerprint density at radius 2 is 1.85 bits per heavy atom. The Morgan fingerprint density at radius 3 is 2.37 bits per heavy atom. The van der Waals surface area contributed by atoms with Crippen molar-refractivity contribution in [3.05, 3.63) is 39.9 Å². The number of hydrogen-bond acceptors (Lipinski definition) is 9. The molecule has 27 heavy (non-hydrogen) atoms. The lowest BCUT2D eigenvalue weighted by Crippen LogP contribution is -2.65. The molecule has 11 nitrogen and oxygen atoms in total. The molecule has 1 aliphatic heterocycles. The highest BCUT2D eigenvalue weighted by Crippen LogP contribution is 2.38. The molecular formula is C16H19N3O8. The Bertz CT molecular complexity index is 763. The van der Waals surface area contributed by atoms with Crippen LogP contribution >= 0.6 is 0 Å². The normalized spacial score (nSPS) is 24.3. The summed E-state index contributed by atoms with van der Waals surface area (Å²) in [6.07, 6.45) is 0. The van der Waals surface area contributed by atoms with E-state index < -0.39 is 40.6 Å². The predicted octanol–water partition coefficient (Wildman–Crippen LogP) is 0.584. The minimum atomic E-state index is -2.64. The molecule has 3 unspecified atom stereocenters. The monoisotopic (exact) mass is 381 g/mol. The standard InChI is InChI=1S/C16H19N3O8/c1-3-26-13(20)11-12(9-5-7-10(8-6-9)19(24)25)17-15(22)18-16(11,23)14(21)27-4-2/h5-8,11-12,23H,3-4H2,1-2H3,(H2,17,18,22). The number of aliphatic hydroxyl groups is 2. The van der Waals surface area contributed by atoms with Crippen LogP contribution in [0.15, 0.2) is 29.3 Å². The van der Waals surface area contributed by atoms with Gasteiger partial charge in [0.25, 0.3) is 17.4 Å². The predicted molar refractivity (Wildman–Crippen MR) is 90.7 cm³/mol. The average molecular weight is 381 g/mol. The van der Waals surface area contributed by atoms with E-state index in [2.05, 4.69) is 10.3 Å². The highest BCUT2D eigenvalue weighted by molar-refractivity contribution is 5.93. The zero-order chi connectivity index (χ0) is 20.2. The second-order valence-electron chi connectivity index (χ2n) is 5.59. The summed E-state index contributed by atoms with van der Waals surface area (Å²) in [4.78, 5) is 38.9. The Hall–Kier alpha value is -3.21. The first-order chi connectivity index (χ1) is 12.7. The lowest BCUT2D eigenvalue weighted by Gasteiger charge is -2.39. The molecule has 0 amide bonds. The zero-order valence-electron chi connectivity index (χ0n) is 14.6. The molecule has 1 aliphatic rings. The van der Waals surface area contributed by atoms with Crippen LogP contribution in [0.3, 0.4) is 0 Å². The second kappa shape index (κ2) is 7.99. The van der Waals surface area contributed by atoms with Crippen LogP contribution in [0.1, 0.15) is 25.5 Å². The molecule has 3 atom stereocenters. The van der Waals surface area contributed by atoms with Gasteiger partial charge < -0.3 is 25.0 Å². The van der Waals surface area contributed by atoms with E-state index >= 15 is 0 Å². The number of rotatable bonds is 6. The number of nitrogens with one attached hydrogen (secondary N) is 1. The quantitative estimate of drug-likeness (QED) is 0.364. The summed E-state index contributed by atoms with van der Waals surface area (Å²) < 4.78 is 9.76. The van der Waals surface area contributed by atoms with E-state index in [0.717, 1.165) is 0 Å². The van der Waals surface area contributed by atoms with Crippen molar-refractivity contribution in [2.45, 2.75) is 25.6 Å². The van der Waals surface area contributed by atoms with E-state index in [0.29, 0.717) is 0 Å². The first kappa shape index (κ1) is 20.1. The molecule has 0 fully saturated rings. The number of aliphatic imine (C=N–C) groups is 1. The van der Waals surface area contributed by atoms with E-state index in [4.69, 9.17) is 9.47 Å². The first-order valence-corrected chi connectivity index (χ1v) is 8.10. The summed E-state index contributed by atoms with van der Waals surface area (Å²) >= 11 is 0. The summed E-state index contributed by atoms with van der Waals surface area (Å²) in [6.45, 7) is 2.93. The Morgan fingerprint density at radius 1 is 1.26 bits per heavy atom. The van der Waals surface area contributed by atoms with E-state index in [1.807, 2.05) is 0 Å². The summed E-state index contributed by atoms with van der Waals surface area (Å²) in [6, 6.07) is 2.92. The van der Waals surface area contributed by atoms with Gasteiger partial charge in [-0.2, -0.15) is 0 Å². The first-order valence-electron chi connectivity index (χ1n) is 8.10. The number of aliphatic hydroxyl groups excluding tert-OH is 1. The molecule has 0 saturated heterocycles. The van der Waals surface area contributed by atoms with Crippen molar-refractivity contribution in [3.63, 3.8) is 0 Å². The Labute approximate surface area is 153 Å². The molecule has 1 heterocycles. The van der Waals surface area contributed by atoms with Gasteiger partial charge in [-0.3, -0.25) is 14.9 Å². The van der Waals surface area contributed by atoms with Crippen LogP contribution in [-0.4, -0.2) is 52.0 Å². The fraction of sp³-hybridized carbons (Fsp3) is 0.438. The lowest BCUT2D eigenvalue weighted by molar-refractivity contribution is -0.384. The number of carbonyl (C=O) groups is 2. The fourth-order valence-electron chi connectivity index (χ4n) is 2.73. The molecule has 146 valence electrons. The van der Waals surface area contributed by atoms with E-state index in [1.165, 1.54) is 31.2 Å². The number of nitro groups is 1. The van der Waals surface area contributed by atoms with Crippen LogP contribution < -0.4 is 5.32 Å². The Kier molecular flexibility index (Phi) is 5.95. The van der Waals surface area contributed by atoms with Crippen molar-refractivity contribution in [3.8, 4) is 0 Å². The minimum absolute atomic E-state index is 0.0308. The van der Waals surface area contributed by atoms with Crippen molar-refractivity contribution >= 4 is 23.6 Å². The highest BCUT2D eigenvalue weighted by Gasteiger charge is 2.57. The number of ether oxygens (including phenoxy) is 2. The van der Waals surface area contributed by atoms with Crippen molar-refractivity contribution in [1.82, 2.24) is 5.32 Å². The molecule has 0 saturated carbocycles. The van der Waals surface area contributed by atoms with Gasteiger partial charge in [0.1, 0.15) is 5.92 Å². The second-order valence-corrected chi connectivity index (χ2v) is 5.59. The maximum absolute atomic E-state index is 12.5. The van der Waals surface area contributed by atoms with E-state index in [1.54, 1.807) is 6.92 Å². The third kappa shape index (κ3) is 3.97. The van der Waals surface area contributed by atoms with Crippen LogP contribution in [0.4, 0.5) is 5.69 Å². The number of hydrogen-bond donors (Lipinski definition) is 3. The van der Waals surface area contributed by atoms with Gasteiger partial charge >= 0.3 is 11.9 Å². The zero-order valence-corrected chi connectivity index (χ0v) is 14.6. The number of benzene rings is 1. The average Bonchev–Trinajstić information content (AvgIpc) is 2.61. The summed E-state index contributed by atoms with van der Waals surface area (Å²) in [5, 5.41) is 33.6. The topological polar surface area (TPSA) is 161 Å². The summed E-state index contributed by atoms with van der Waals surface area (Å²) in [5.74, 6) is -3.76. The number of nitrogens with zero attached hydrogens (tertiary/aromatic N) is 2. The van der Waals surface area contributed by atoms with Gasteiger partial charge in [-0.15, -0.1) is 0 Å². The van der Waals surface area contributed by atoms with E-state index in [-0.39, 0.29) is 24.5 Å². The van der Waals surface area contributed by atoms with Gasteiger partial charge in [0.2, 0.25) is 0 Å². The summed E-state index contributed by atoms with van der Waals surface area (Å²) in [7, 11) is 0. The molecule has 1 aromatic rings. The fourth-order valence-corrected chi connectivity index (χ4v) is 2.73. The molecular weight excluding hydrogens is 362 g/mol. The lowest BCUT2D eigenvalue weighted by atomic mass is 9.83. The van der Waals surface area contributed by atoms with Crippen LogP contribution in [0.2, 0.25) is 0 Å².